The molecular formula is C22H27FN6. The van der Waals surface area contributed by atoms with Crippen molar-refractivity contribution in [1.82, 2.24) is 24.3 Å². The van der Waals surface area contributed by atoms with Gasteiger partial charge in [-0.3, -0.25) is 0 Å². The second-order valence-corrected chi connectivity index (χ2v) is 7.99. The number of aryl methyl sites for hydroxylation is 2. The molecule has 0 unspecified atom stereocenters. The molecule has 1 N–H and O–H groups in total. The number of anilines is 1. The second kappa shape index (κ2) is 7.91. The number of nitrogens with zero attached hydrogens (tertiary/aromatic N) is 5. The molecule has 1 fully saturated rings. The molecule has 0 bridgehead atoms. The number of aromatic nitrogens is 4. The number of likely N-dealkylation sites (tertiary alicyclic amines) is 1. The van der Waals surface area contributed by atoms with Crippen molar-refractivity contribution in [2.45, 2.75) is 26.7 Å². The Morgan fingerprint density at radius 3 is 2.72 bits per heavy atom. The Morgan fingerprint density at radius 2 is 2.00 bits per heavy atom. The standard InChI is InChI=1S/C22H27FN6/c1-14-12-29-13-18(9-20(23)21(29)26-14)15(2)19-11-25-22(27-16(19)3)24-10-17-5-7-28(4)8-6-17/h9,11-13,17H,2,5-8,10H2,1,3-4H3,(H,24,25,27). The fourth-order valence-corrected chi connectivity index (χ4v) is 3.85. The number of piperidine rings is 1. The molecule has 0 radical (unpaired) electrons. The molecule has 0 amide bonds. The molecule has 1 aliphatic heterocycles. The molecule has 7 heteroatoms. The molecule has 4 heterocycles. The number of hydrogen-bond donors (Lipinski definition) is 1. The highest BCUT2D eigenvalue weighted by atomic mass is 19.1. The first-order valence-corrected chi connectivity index (χ1v) is 10.0. The Bertz CT molecular complexity index is 1050. The summed E-state index contributed by atoms with van der Waals surface area (Å²) in [7, 11) is 2.17. The van der Waals surface area contributed by atoms with Gasteiger partial charge in [-0.25, -0.2) is 19.3 Å². The summed E-state index contributed by atoms with van der Waals surface area (Å²) in [5.41, 5.74) is 4.10. The topological polar surface area (TPSA) is 58.4 Å². The lowest BCUT2D eigenvalue weighted by Gasteiger charge is -2.28. The highest BCUT2D eigenvalue weighted by Crippen LogP contribution is 2.26. The van der Waals surface area contributed by atoms with Crippen molar-refractivity contribution in [3.8, 4) is 0 Å². The summed E-state index contributed by atoms with van der Waals surface area (Å²) in [6.45, 7) is 11.1. The maximum atomic E-state index is 14.4. The minimum Gasteiger partial charge on any atom is -0.354 e. The molecule has 1 aliphatic rings. The van der Waals surface area contributed by atoms with Crippen molar-refractivity contribution in [3.05, 3.63) is 59.6 Å². The third kappa shape index (κ3) is 4.15. The van der Waals surface area contributed by atoms with Crippen LogP contribution in [0.25, 0.3) is 11.2 Å². The number of hydrogen-bond acceptors (Lipinski definition) is 5. The van der Waals surface area contributed by atoms with E-state index < -0.39 is 0 Å². The summed E-state index contributed by atoms with van der Waals surface area (Å²) in [5.74, 6) is 0.912. The van der Waals surface area contributed by atoms with Crippen molar-refractivity contribution >= 4 is 17.2 Å². The van der Waals surface area contributed by atoms with Crippen molar-refractivity contribution in [2.75, 3.05) is 32.0 Å². The quantitative estimate of drug-likeness (QED) is 0.715. The third-order valence-corrected chi connectivity index (χ3v) is 5.67. The molecule has 0 atom stereocenters. The van der Waals surface area contributed by atoms with Crippen LogP contribution in [0.2, 0.25) is 0 Å². The van der Waals surface area contributed by atoms with Crippen LogP contribution in [0, 0.1) is 25.6 Å². The molecule has 3 aromatic heterocycles. The van der Waals surface area contributed by atoms with Crippen molar-refractivity contribution in [2.24, 2.45) is 5.92 Å². The van der Waals surface area contributed by atoms with Gasteiger partial charge in [0.15, 0.2) is 11.5 Å². The normalized spacial score (nSPS) is 15.7. The van der Waals surface area contributed by atoms with Crippen LogP contribution in [0.1, 0.15) is 35.4 Å². The maximum Gasteiger partial charge on any atom is 0.222 e. The van der Waals surface area contributed by atoms with Crippen LogP contribution in [0.5, 0.6) is 0 Å². The van der Waals surface area contributed by atoms with Crippen LogP contribution in [-0.2, 0) is 0 Å². The molecule has 29 heavy (non-hydrogen) atoms. The predicted octanol–water partition coefficient (Wildman–Crippen LogP) is 3.70. The van der Waals surface area contributed by atoms with Crippen molar-refractivity contribution in [3.63, 3.8) is 0 Å². The lowest BCUT2D eigenvalue weighted by molar-refractivity contribution is 0.226. The summed E-state index contributed by atoms with van der Waals surface area (Å²) in [6.07, 6.45) is 7.79. The van der Waals surface area contributed by atoms with Crippen LogP contribution in [-0.4, -0.2) is 50.9 Å². The Hall–Kier alpha value is -2.80. The molecule has 0 spiro atoms. The summed E-state index contributed by atoms with van der Waals surface area (Å²) < 4.78 is 16.1. The van der Waals surface area contributed by atoms with Crippen LogP contribution in [0.4, 0.5) is 10.3 Å². The van der Waals surface area contributed by atoms with E-state index in [2.05, 4.69) is 38.8 Å². The maximum absolute atomic E-state index is 14.4. The van der Waals surface area contributed by atoms with E-state index in [-0.39, 0.29) is 5.82 Å². The molecule has 0 saturated carbocycles. The lowest BCUT2D eigenvalue weighted by Crippen LogP contribution is -2.33. The van der Waals surface area contributed by atoms with Crippen molar-refractivity contribution in [1.29, 1.82) is 0 Å². The van der Waals surface area contributed by atoms with E-state index in [0.717, 1.165) is 36.6 Å². The molecule has 0 aliphatic carbocycles. The zero-order chi connectivity index (χ0) is 20.5. The van der Waals surface area contributed by atoms with E-state index in [1.807, 2.05) is 20.0 Å². The number of pyridine rings is 1. The Balaban J connectivity index is 1.49. The van der Waals surface area contributed by atoms with Gasteiger partial charge in [0.2, 0.25) is 5.95 Å². The zero-order valence-electron chi connectivity index (χ0n) is 17.2. The van der Waals surface area contributed by atoms with Gasteiger partial charge in [0.25, 0.3) is 0 Å². The van der Waals surface area contributed by atoms with Gasteiger partial charge in [-0.2, -0.15) is 0 Å². The first kappa shape index (κ1) is 19.5. The first-order valence-electron chi connectivity index (χ1n) is 10.0. The molecule has 3 aromatic rings. The van der Waals surface area contributed by atoms with Gasteiger partial charge in [-0.1, -0.05) is 6.58 Å². The highest BCUT2D eigenvalue weighted by molar-refractivity contribution is 5.79. The van der Waals surface area contributed by atoms with E-state index >= 15 is 0 Å². The number of nitrogens with one attached hydrogen (secondary N) is 1. The van der Waals surface area contributed by atoms with E-state index in [4.69, 9.17) is 0 Å². The van der Waals surface area contributed by atoms with E-state index in [1.54, 1.807) is 16.8 Å². The Morgan fingerprint density at radius 1 is 1.24 bits per heavy atom. The van der Waals surface area contributed by atoms with E-state index in [1.165, 1.54) is 18.9 Å². The van der Waals surface area contributed by atoms with Gasteiger partial charge in [-0.15, -0.1) is 0 Å². The first-order chi connectivity index (χ1) is 13.9. The largest absolute Gasteiger partial charge is 0.354 e. The third-order valence-electron chi connectivity index (χ3n) is 5.67. The number of fused-ring (bicyclic) bond motifs is 1. The van der Waals surface area contributed by atoms with Gasteiger partial charge < -0.3 is 14.6 Å². The minimum atomic E-state index is -0.369. The fourth-order valence-electron chi connectivity index (χ4n) is 3.85. The molecular weight excluding hydrogens is 367 g/mol. The SMILES string of the molecule is C=C(c1cc(F)c2nc(C)cn2c1)c1cnc(NCC2CCN(C)CC2)nc1C. The van der Waals surface area contributed by atoms with Gasteiger partial charge in [0, 0.05) is 36.3 Å². The average Bonchev–Trinajstić information content (AvgIpc) is 3.08. The van der Waals surface area contributed by atoms with E-state index in [9.17, 15) is 4.39 Å². The summed E-state index contributed by atoms with van der Waals surface area (Å²) in [4.78, 5) is 15.6. The zero-order valence-corrected chi connectivity index (χ0v) is 17.2. The summed E-state index contributed by atoms with van der Waals surface area (Å²) >= 11 is 0. The van der Waals surface area contributed by atoms with Crippen molar-refractivity contribution < 1.29 is 4.39 Å². The summed E-state index contributed by atoms with van der Waals surface area (Å²) in [5, 5.41) is 3.37. The van der Waals surface area contributed by atoms with Crippen LogP contribution >= 0.6 is 0 Å². The van der Waals surface area contributed by atoms with Crippen LogP contribution in [0.3, 0.4) is 0 Å². The van der Waals surface area contributed by atoms with Gasteiger partial charge in [0.05, 0.1) is 11.4 Å². The molecule has 0 aromatic carbocycles. The van der Waals surface area contributed by atoms with Gasteiger partial charge in [0.1, 0.15) is 0 Å². The predicted molar refractivity (Wildman–Crippen MR) is 114 cm³/mol. The second-order valence-electron chi connectivity index (χ2n) is 7.99. The molecule has 1 saturated heterocycles. The highest BCUT2D eigenvalue weighted by Gasteiger charge is 2.17. The van der Waals surface area contributed by atoms with Crippen LogP contribution < -0.4 is 5.32 Å². The monoisotopic (exact) mass is 394 g/mol. The van der Waals surface area contributed by atoms with Gasteiger partial charge in [-0.05, 0) is 64.4 Å². The fraction of sp³-hybridized carbons (Fsp3) is 0.409. The smallest absolute Gasteiger partial charge is 0.222 e. The van der Waals surface area contributed by atoms with Gasteiger partial charge >= 0.3 is 0 Å². The Labute approximate surface area is 170 Å². The minimum absolute atomic E-state index is 0.320. The van der Waals surface area contributed by atoms with Crippen LogP contribution in [0.15, 0.2) is 31.2 Å². The molecule has 6 nitrogen and oxygen atoms in total. The number of rotatable bonds is 5. The molecule has 4 rings (SSSR count). The molecule has 152 valence electrons. The summed E-state index contributed by atoms with van der Waals surface area (Å²) in [6, 6.07) is 1.47. The van der Waals surface area contributed by atoms with E-state index in [0.29, 0.717) is 28.6 Å². The average molecular weight is 394 g/mol. The lowest BCUT2D eigenvalue weighted by atomic mass is 9.97. The number of imidazole rings is 1. The number of halogens is 1. The Kier molecular flexibility index (Phi) is 5.32.